The molecule has 1 aliphatic heterocycles. The maximum atomic E-state index is 10.6. The molecule has 1 rings (SSSR count). The number of azo groups is 1. The minimum Gasteiger partial charge on any atom is -0.364 e. The molecule has 0 spiro atoms. The number of nitrogens with zero attached hydrogens (tertiary/aromatic N) is 2. The van der Waals surface area contributed by atoms with Crippen LogP contribution in [-0.4, -0.2) is 11.8 Å². The molecule has 0 fully saturated rings. The number of amides is 2. The Kier molecular flexibility index (Phi) is 1.33. The predicted molar refractivity (Wildman–Crippen MR) is 31.8 cm³/mol. The molecule has 0 aromatic heterocycles. The van der Waals surface area contributed by atoms with E-state index in [1.807, 2.05) is 0 Å². The first-order valence-corrected chi connectivity index (χ1v) is 2.59. The van der Waals surface area contributed by atoms with Crippen LogP contribution in [0, 0.1) is 0 Å². The number of rotatable bonds is 1. The molecule has 5 heteroatoms. The molecule has 0 bridgehead atoms. The second-order valence-corrected chi connectivity index (χ2v) is 1.84. The lowest BCUT2D eigenvalue weighted by Crippen LogP contribution is -2.13. The minimum atomic E-state index is -0.716. The van der Waals surface area contributed by atoms with E-state index in [2.05, 4.69) is 10.2 Å². The van der Waals surface area contributed by atoms with Crippen molar-refractivity contribution < 1.29 is 9.59 Å². The van der Waals surface area contributed by atoms with Crippen molar-refractivity contribution >= 4 is 11.8 Å². The standard InChI is InChI=1S/C5H5N3O2/c1-2-3(4(6)9)7-8-5(2)10/h1H3,(H2,6,9). The van der Waals surface area contributed by atoms with Gasteiger partial charge in [0, 0.05) is 0 Å². The Bertz CT molecular complexity index is 264. The van der Waals surface area contributed by atoms with Gasteiger partial charge in [-0.25, -0.2) is 0 Å². The minimum absolute atomic E-state index is 0.0370. The van der Waals surface area contributed by atoms with E-state index in [-0.39, 0.29) is 11.3 Å². The van der Waals surface area contributed by atoms with Crippen molar-refractivity contribution in [2.75, 3.05) is 0 Å². The van der Waals surface area contributed by atoms with E-state index >= 15 is 0 Å². The van der Waals surface area contributed by atoms with Gasteiger partial charge in [-0.15, -0.1) is 10.2 Å². The Morgan fingerprint density at radius 1 is 1.50 bits per heavy atom. The number of carbonyl (C=O) groups excluding carboxylic acids is 2. The van der Waals surface area contributed by atoms with Gasteiger partial charge in [0.1, 0.15) is 0 Å². The highest BCUT2D eigenvalue weighted by Gasteiger charge is 2.20. The van der Waals surface area contributed by atoms with Crippen molar-refractivity contribution in [3.05, 3.63) is 11.3 Å². The fraction of sp³-hybridized carbons (Fsp3) is 0.200. The molecule has 52 valence electrons. The topological polar surface area (TPSA) is 84.9 Å². The summed E-state index contributed by atoms with van der Waals surface area (Å²) in [4.78, 5) is 21.0. The van der Waals surface area contributed by atoms with Gasteiger partial charge in [0.05, 0.1) is 5.57 Å². The molecule has 0 aliphatic carbocycles. The highest BCUT2D eigenvalue weighted by Crippen LogP contribution is 2.14. The van der Waals surface area contributed by atoms with Crippen LogP contribution in [-0.2, 0) is 9.59 Å². The van der Waals surface area contributed by atoms with Crippen LogP contribution >= 0.6 is 0 Å². The molecule has 1 heterocycles. The maximum absolute atomic E-state index is 10.6. The molecule has 5 nitrogen and oxygen atoms in total. The van der Waals surface area contributed by atoms with Crippen molar-refractivity contribution in [3.63, 3.8) is 0 Å². The Morgan fingerprint density at radius 3 is 2.30 bits per heavy atom. The second kappa shape index (κ2) is 2.02. The Balaban J connectivity index is 3.07. The first-order chi connectivity index (χ1) is 4.63. The fourth-order valence-corrected chi connectivity index (χ4v) is 0.581. The molecular weight excluding hydrogens is 134 g/mol. The van der Waals surface area contributed by atoms with Crippen LogP contribution < -0.4 is 5.73 Å². The lowest BCUT2D eigenvalue weighted by Gasteiger charge is -1.87. The number of carbonyl (C=O) groups is 2. The summed E-state index contributed by atoms with van der Waals surface area (Å²) in [5.41, 5.74) is 5.03. The van der Waals surface area contributed by atoms with Gasteiger partial charge < -0.3 is 5.73 Å². The molecule has 0 radical (unpaired) electrons. The molecule has 1 aliphatic rings. The number of nitrogens with two attached hydrogens (primary N) is 1. The monoisotopic (exact) mass is 139 g/mol. The third-order valence-corrected chi connectivity index (χ3v) is 1.15. The first kappa shape index (κ1) is 6.60. The van der Waals surface area contributed by atoms with Gasteiger partial charge in [0.15, 0.2) is 5.70 Å². The van der Waals surface area contributed by atoms with Gasteiger partial charge in [0.2, 0.25) is 0 Å². The number of hydrogen-bond acceptors (Lipinski definition) is 3. The molecule has 0 saturated carbocycles. The quantitative estimate of drug-likeness (QED) is 0.542. The molecule has 0 saturated heterocycles. The zero-order valence-electron chi connectivity index (χ0n) is 5.29. The summed E-state index contributed by atoms with van der Waals surface area (Å²) in [6, 6.07) is 0. The second-order valence-electron chi connectivity index (χ2n) is 1.84. The van der Waals surface area contributed by atoms with E-state index in [1.54, 1.807) is 0 Å². The smallest absolute Gasteiger partial charge is 0.293 e. The van der Waals surface area contributed by atoms with Crippen LogP contribution in [0.2, 0.25) is 0 Å². The molecule has 2 N–H and O–H groups in total. The van der Waals surface area contributed by atoms with Crippen molar-refractivity contribution in [1.29, 1.82) is 0 Å². The largest absolute Gasteiger partial charge is 0.364 e. The summed E-state index contributed by atoms with van der Waals surface area (Å²) >= 11 is 0. The van der Waals surface area contributed by atoms with Gasteiger partial charge in [-0.1, -0.05) is 0 Å². The van der Waals surface area contributed by atoms with Crippen molar-refractivity contribution in [2.45, 2.75) is 6.92 Å². The highest BCUT2D eigenvalue weighted by molar-refractivity contribution is 6.05. The third-order valence-electron chi connectivity index (χ3n) is 1.15. The summed E-state index contributed by atoms with van der Waals surface area (Å²) in [5, 5.41) is 6.41. The summed E-state index contributed by atoms with van der Waals surface area (Å²) in [7, 11) is 0. The van der Waals surface area contributed by atoms with E-state index in [0.717, 1.165) is 0 Å². The lowest BCUT2D eigenvalue weighted by atomic mass is 10.2. The van der Waals surface area contributed by atoms with Gasteiger partial charge in [-0.2, -0.15) is 0 Å². The molecule has 0 unspecified atom stereocenters. The zero-order chi connectivity index (χ0) is 7.72. The van der Waals surface area contributed by atoms with Crippen LogP contribution in [0.25, 0.3) is 0 Å². The third kappa shape index (κ3) is 0.812. The van der Waals surface area contributed by atoms with Gasteiger partial charge in [0.25, 0.3) is 11.8 Å². The predicted octanol–water partition coefficient (Wildman–Crippen LogP) is -0.262. The summed E-state index contributed by atoms with van der Waals surface area (Å²) in [6.45, 7) is 1.46. The molecular formula is C5H5N3O2. The lowest BCUT2D eigenvalue weighted by molar-refractivity contribution is -0.116. The van der Waals surface area contributed by atoms with Crippen LogP contribution in [0.15, 0.2) is 21.5 Å². The fourth-order valence-electron chi connectivity index (χ4n) is 0.581. The Morgan fingerprint density at radius 2 is 2.10 bits per heavy atom. The Hall–Kier alpha value is -1.52. The molecule has 0 aromatic rings. The van der Waals surface area contributed by atoms with E-state index in [1.165, 1.54) is 6.92 Å². The van der Waals surface area contributed by atoms with Crippen LogP contribution in [0.4, 0.5) is 0 Å². The Labute approximate surface area is 56.6 Å². The van der Waals surface area contributed by atoms with Crippen molar-refractivity contribution in [3.8, 4) is 0 Å². The molecule has 2 amide bonds. The number of hydrogen-bond donors (Lipinski definition) is 1. The van der Waals surface area contributed by atoms with Gasteiger partial charge in [-0.05, 0) is 6.92 Å². The molecule has 0 aromatic carbocycles. The van der Waals surface area contributed by atoms with E-state index in [4.69, 9.17) is 5.73 Å². The summed E-state index contributed by atoms with van der Waals surface area (Å²) < 4.78 is 0. The van der Waals surface area contributed by atoms with Gasteiger partial charge >= 0.3 is 0 Å². The highest BCUT2D eigenvalue weighted by atomic mass is 16.2. The average molecular weight is 139 g/mol. The summed E-state index contributed by atoms with van der Waals surface area (Å²) in [5.74, 6) is -1.21. The summed E-state index contributed by atoms with van der Waals surface area (Å²) in [6.07, 6.45) is 0. The maximum Gasteiger partial charge on any atom is 0.293 e. The SMILES string of the molecule is CC1=C(C(N)=O)N=NC1=O. The average Bonchev–Trinajstić information content (AvgIpc) is 2.14. The van der Waals surface area contributed by atoms with Crippen LogP contribution in [0.1, 0.15) is 6.92 Å². The number of primary amides is 1. The van der Waals surface area contributed by atoms with Gasteiger partial charge in [-0.3, -0.25) is 9.59 Å². The molecule has 0 atom stereocenters. The van der Waals surface area contributed by atoms with E-state index in [9.17, 15) is 9.59 Å². The first-order valence-electron chi connectivity index (χ1n) is 2.59. The zero-order valence-corrected chi connectivity index (χ0v) is 5.29. The van der Waals surface area contributed by atoms with Crippen LogP contribution in [0.3, 0.4) is 0 Å². The van der Waals surface area contributed by atoms with E-state index in [0.29, 0.717) is 0 Å². The normalized spacial score (nSPS) is 16.7. The van der Waals surface area contributed by atoms with E-state index < -0.39 is 11.8 Å². The van der Waals surface area contributed by atoms with Crippen LogP contribution in [0.5, 0.6) is 0 Å². The van der Waals surface area contributed by atoms with Crippen molar-refractivity contribution in [2.24, 2.45) is 16.0 Å². The van der Waals surface area contributed by atoms with Crippen molar-refractivity contribution in [1.82, 2.24) is 0 Å². The molecule has 10 heavy (non-hydrogen) atoms.